The lowest BCUT2D eigenvalue weighted by atomic mass is 10.2. The zero-order valence-corrected chi connectivity index (χ0v) is 11.7. The first-order valence-corrected chi connectivity index (χ1v) is 6.27. The monoisotopic (exact) mass is 317 g/mol. The van der Waals surface area contributed by atoms with Crippen LogP contribution in [0.3, 0.4) is 0 Å². The van der Waals surface area contributed by atoms with Crippen LogP contribution in [0.15, 0.2) is 30.3 Å². The van der Waals surface area contributed by atoms with Crippen LogP contribution >= 0.6 is 11.6 Å². The number of alkyl halides is 3. The Kier molecular flexibility index (Phi) is 4.52. The number of hydrogen-bond acceptors (Lipinski definition) is 4. The fourth-order valence-electron chi connectivity index (χ4n) is 1.54. The molecule has 1 heterocycles. The number of nitrogens with one attached hydrogen (secondary N) is 1. The third-order valence-corrected chi connectivity index (χ3v) is 2.72. The standard InChI is InChI=1S/C13H11ClF3N3O/c1-18-10-6-11(20-12(19-10)13(15,16)17)21-7-8-3-2-4-9(14)5-8/h2-6H,7H2,1H3,(H,18,19,20). The summed E-state index contributed by atoms with van der Waals surface area (Å²) in [5.74, 6) is -1.39. The molecule has 0 amide bonds. The quantitative estimate of drug-likeness (QED) is 0.932. The number of nitrogens with zero attached hydrogens (tertiary/aromatic N) is 2. The van der Waals surface area contributed by atoms with Crippen molar-refractivity contribution in [3.8, 4) is 5.88 Å². The highest BCUT2D eigenvalue weighted by Crippen LogP contribution is 2.29. The van der Waals surface area contributed by atoms with Crippen LogP contribution in [0.5, 0.6) is 5.88 Å². The molecule has 2 rings (SSSR count). The molecule has 0 bridgehead atoms. The summed E-state index contributed by atoms with van der Waals surface area (Å²) in [6.45, 7) is 0.0536. The molecule has 0 saturated carbocycles. The highest BCUT2D eigenvalue weighted by atomic mass is 35.5. The van der Waals surface area contributed by atoms with Crippen LogP contribution in [0.2, 0.25) is 5.02 Å². The molecule has 1 aromatic carbocycles. The van der Waals surface area contributed by atoms with Crippen molar-refractivity contribution in [1.29, 1.82) is 0 Å². The van der Waals surface area contributed by atoms with E-state index in [2.05, 4.69) is 15.3 Å². The average molecular weight is 318 g/mol. The molecule has 1 aromatic heterocycles. The Hall–Kier alpha value is -2.02. The lowest BCUT2D eigenvalue weighted by Crippen LogP contribution is -2.13. The van der Waals surface area contributed by atoms with Gasteiger partial charge in [0.1, 0.15) is 12.4 Å². The van der Waals surface area contributed by atoms with E-state index < -0.39 is 12.0 Å². The molecular weight excluding hydrogens is 307 g/mol. The molecule has 2 aromatic rings. The van der Waals surface area contributed by atoms with Gasteiger partial charge in [0.25, 0.3) is 0 Å². The summed E-state index contributed by atoms with van der Waals surface area (Å²) in [6, 6.07) is 8.11. The Morgan fingerprint density at radius 1 is 1.24 bits per heavy atom. The van der Waals surface area contributed by atoms with Gasteiger partial charge in [0.15, 0.2) is 0 Å². The molecular formula is C13H11ClF3N3O. The maximum absolute atomic E-state index is 12.7. The van der Waals surface area contributed by atoms with Gasteiger partial charge in [-0.05, 0) is 17.7 Å². The summed E-state index contributed by atoms with van der Waals surface area (Å²) in [4.78, 5) is 6.70. The van der Waals surface area contributed by atoms with Gasteiger partial charge in [-0.2, -0.15) is 18.2 Å². The van der Waals surface area contributed by atoms with Crippen molar-refractivity contribution in [3.63, 3.8) is 0 Å². The van der Waals surface area contributed by atoms with Crippen LogP contribution in [0.1, 0.15) is 11.4 Å². The minimum atomic E-state index is -4.64. The molecule has 0 aliphatic carbocycles. The second-order valence-electron chi connectivity index (χ2n) is 4.08. The minimum Gasteiger partial charge on any atom is -0.473 e. The first-order valence-electron chi connectivity index (χ1n) is 5.90. The number of hydrogen-bond donors (Lipinski definition) is 1. The topological polar surface area (TPSA) is 47.0 Å². The Morgan fingerprint density at radius 3 is 2.62 bits per heavy atom. The van der Waals surface area contributed by atoms with Crippen molar-refractivity contribution < 1.29 is 17.9 Å². The number of anilines is 1. The lowest BCUT2D eigenvalue weighted by molar-refractivity contribution is -0.145. The predicted octanol–water partition coefficient (Wildman–Crippen LogP) is 3.77. The molecule has 0 saturated heterocycles. The molecule has 0 atom stereocenters. The van der Waals surface area contributed by atoms with E-state index in [4.69, 9.17) is 16.3 Å². The number of halogens is 4. The number of benzene rings is 1. The Balaban J connectivity index is 2.19. The van der Waals surface area contributed by atoms with Gasteiger partial charge in [-0.3, -0.25) is 0 Å². The summed E-state index contributed by atoms with van der Waals surface area (Å²) in [5, 5.41) is 3.05. The number of aromatic nitrogens is 2. The molecule has 0 fully saturated rings. The molecule has 0 spiro atoms. The van der Waals surface area contributed by atoms with Gasteiger partial charge in [-0.25, -0.2) is 4.98 Å². The van der Waals surface area contributed by atoms with Crippen molar-refractivity contribution in [1.82, 2.24) is 9.97 Å². The van der Waals surface area contributed by atoms with Crippen molar-refractivity contribution in [2.75, 3.05) is 12.4 Å². The first kappa shape index (κ1) is 15.4. The van der Waals surface area contributed by atoms with Crippen LogP contribution in [-0.4, -0.2) is 17.0 Å². The van der Waals surface area contributed by atoms with Gasteiger partial charge in [0.2, 0.25) is 11.7 Å². The summed E-state index contributed by atoms with van der Waals surface area (Å²) >= 11 is 5.82. The first-order chi connectivity index (χ1) is 9.88. The van der Waals surface area contributed by atoms with Crippen molar-refractivity contribution in [2.24, 2.45) is 0 Å². The lowest BCUT2D eigenvalue weighted by Gasteiger charge is -2.11. The van der Waals surface area contributed by atoms with Gasteiger partial charge >= 0.3 is 6.18 Å². The zero-order valence-electron chi connectivity index (χ0n) is 10.9. The van der Waals surface area contributed by atoms with Crippen LogP contribution in [0, 0.1) is 0 Å². The van der Waals surface area contributed by atoms with Crippen molar-refractivity contribution >= 4 is 17.4 Å². The van der Waals surface area contributed by atoms with E-state index in [1.807, 2.05) is 0 Å². The molecule has 4 nitrogen and oxygen atoms in total. The average Bonchev–Trinajstić information content (AvgIpc) is 2.44. The van der Waals surface area contributed by atoms with Gasteiger partial charge in [-0.1, -0.05) is 23.7 Å². The Morgan fingerprint density at radius 2 is 2.00 bits per heavy atom. The molecule has 112 valence electrons. The number of rotatable bonds is 4. The van der Waals surface area contributed by atoms with Crippen molar-refractivity contribution in [2.45, 2.75) is 12.8 Å². The van der Waals surface area contributed by atoms with Gasteiger partial charge in [-0.15, -0.1) is 0 Å². The third-order valence-electron chi connectivity index (χ3n) is 2.49. The molecule has 0 aliphatic rings. The summed E-state index contributed by atoms with van der Waals surface area (Å²) in [7, 11) is 1.46. The summed E-state index contributed by atoms with van der Waals surface area (Å²) < 4.78 is 43.3. The summed E-state index contributed by atoms with van der Waals surface area (Å²) in [6.07, 6.45) is -4.64. The minimum absolute atomic E-state index is 0.0263. The highest BCUT2D eigenvalue weighted by molar-refractivity contribution is 6.30. The molecule has 21 heavy (non-hydrogen) atoms. The van der Waals surface area contributed by atoms with Crippen LogP contribution in [-0.2, 0) is 12.8 Å². The molecule has 0 radical (unpaired) electrons. The maximum Gasteiger partial charge on any atom is 0.451 e. The van der Waals surface area contributed by atoms with E-state index in [1.165, 1.54) is 13.1 Å². The largest absolute Gasteiger partial charge is 0.473 e. The van der Waals surface area contributed by atoms with E-state index in [0.717, 1.165) is 5.56 Å². The van der Waals surface area contributed by atoms with Gasteiger partial charge in [0.05, 0.1) is 0 Å². The zero-order chi connectivity index (χ0) is 15.5. The van der Waals surface area contributed by atoms with Crippen LogP contribution in [0.25, 0.3) is 0 Å². The summed E-state index contributed by atoms with van der Waals surface area (Å²) in [5.41, 5.74) is 0.723. The van der Waals surface area contributed by atoms with E-state index in [1.54, 1.807) is 24.3 Å². The maximum atomic E-state index is 12.7. The normalized spacial score (nSPS) is 11.3. The molecule has 8 heteroatoms. The Labute approximate surface area is 123 Å². The second kappa shape index (κ2) is 6.17. The molecule has 0 aliphatic heterocycles. The van der Waals surface area contributed by atoms with E-state index in [0.29, 0.717) is 5.02 Å². The SMILES string of the molecule is CNc1cc(OCc2cccc(Cl)c2)nc(C(F)(F)F)n1. The second-order valence-corrected chi connectivity index (χ2v) is 4.52. The fourth-order valence-corrected chi connectivity index (χ4v) is 1.75. The predicted molar refractivity (Wildman–Crippen MR) is 72.4 cm³/mol. The molecule has 1 N–H and O–H groups in total. The fraction of sp³-hybridized carbons (Fsp3) is 0.231. The van der Waals surface area contributed by atoms with Gasteiger partial charge in [0, 0.05) is 18.1 Å². The van der Waals surface area contributed by atoms with Gasteiger partial charge < -0.3 is 10.1 Å². The molecule has 0 unspecified atom stereocenters. The Bertz CT molecular complexity index is 634. The number of ether oxygens (including phenoxy) is 1. The smallest absolute Gasteiger partial charge is 0.451 e. The van der Waals surface area contributed by atoms with E-state index in [-0.39, 0.29) is 18.3 Å². The third kappa shape index (κ3) is 4.22. The van der Waals surface area contributed by atoms with E-state index in [9.17, 15) is 13.2 Å². The highest BCUT2D eigenvalue weighted by Gasteiger charge is 2.35. The van der Waals surface area contributed by atoms with Crippen molar-refractivity contribution in [3.05, 3.63) is 46.7 Å². The van der Waals surface area contributed by atoms with Crippen LogP contribution in [0.4, 0.5) is 19.0 Å². The van der Waals surface area contributed by atoms with E-state index >= 15 is 0 Å². The van der Waals surface area contributed by atoms with Crippen LogP contribution < -0.4 is 10.1 Å².